The summed E-state index contributed by atoms with van der Waals surface area (Å²) in [6, 6.07) is 16.8. The lowest BCUT2D eigenvalue weighted by Gasteiger charge is -2.23. The first-order valence-electron chi connectivity index (χ1n) is 11.5. The summed E-state index contributed by atoms with van der Waals surface area (Å²) in [6.07, 6.45) is 2.12. The first kappa shape index (κ1) is 24.2. The van der Waals surface area contributed by atoms with Crippen molar-refractivity contribution >= 4 is 23.2 Å². The molecule has 0 saturated heterocycles. The molecule has 1 aromatic heterocycles. The van der Waals surface area contributed by atoms with Crippen molar-refractivity contribution in [2.75, 3.05) is 32.6 Å². The summed E-state index contributed by atoms with van der Waals surface area (Å²) in [5.74, 6) is 1.03. The highest BCUT2D eigenvalue weighted by molar-refractivity contribution is 6.03. The van der Waals surface area contributed by atoms with Crippen LogP contribution in [0.4, 0.5) is 5.69 Å². The Hall–Kier alpha value is -3.91. The van der Waals surface area contributed by atoms with Crippen molar-refractivity contribution in [2.24, 2.45) is 5.10 Å². The van der Waals surface area contributed by atoms with E-state index in [4.69, 9.17) is 9.15 Å². The number of carbonyl (C=O) groups excluding carboxylic acids is 2. The standard InChI is InChI=1S/C27H30N4O4/c1-18-7-5-8-19(2)27(18)28-25(32)16-30(3)17-26(33)31-23(24-9-6-14-35-24)15-22(29-31)20-10-12-21(34-4)13-11-20/h5-14,23H,15-17H2,1-4H3,(H,28,32). The zero-order valence-electron chi connectivity index (χ0n) is 20.4. The molecule has 1 aliphatic heterocycles. The van der Waals surface area contributed by atoms with Gasteiger partial charge in [-0.1, -0.05) is 18.2 Å². The molecule has 0 fully saturated rings. The van der Waals surface area contributed by atoms with Crippen molar-refractivity contribution in [3.8, 4) is 5.75 Å². The Kier molecular flexibility index (Phi) is 7.31. The van der Waals surface area contributed by atoms with Crippen LogP contribution in [0.1, 0.15) is 34.9 Å². The Labute approximate surface area is 205 Å². The number of likely N-dealkylation sites (N-methyl/N-ethyl adjacent to an activating group) is 1. The van der Waals surface area contributed by atoms with Crippen molar-refractivity contribution in [1.29, 1.82) is 0 Å². The van der Waals surface area contributed by atoms with E-state index in [9.17, 15) is 9.59 Å². The van der Waals surface area contributed by atoms with E-state index < -0.39 is 0 Å². The minimum absolute atomic E-state index is 0.0385. The zero-order valence-corrected chi connectivity index (χ0v) is 20.4. The van der Waals surface area contributed by atoms with Crippen molar-refractivity contribution in [2.45, 2.75) is 26.3 Å². The lowest BCUT2D eigenvalue weighted by molar-refractivity contribution is -0.134. The minimum Gasteiger partial charge on any atom is -0.497 e. The predicted molar refractivity (Wildman–Crippen MR) is 134 cm³/mol. The van der Waals surface area contributed by atoms with Gasteiger partial charge in [0.1, 0.15) is 17.6 Å². The number of hydrogen-bond donors (Lipinski definition) is 1. The average Bonchev–Trinajstić information content (AvgIpc) is 3.51. The Morgan fingerprint density at radius 1 is 1.09 bits per heavy atom. The molecule has 182 valence electrons. The molecule has 1 N–H and O–H groups in total. The fourth-order valence-electron chi connectivity index (χ4n) is 4.20. The summed E-state index contributed by atoms with van der Waals surface area (Å²) >= 11 is 0. The number of para-hydroxylation sites is 1. The summed E-state index contributed by atoms with van der Waals surface area (Å²) in [7, 11) is 3.36. The van der Waals surface area contributed by atoms with Crippen molar-refractivity contribution in [1.82, 2.24) is 9.91 Å². The first-order chi connectivity index (χ1) is 16.9. The SMILES string of the molecule is COc1ccc(C2=NN(C(=O)CN(C)CC(=O)Nc3c(C)cccc3C)C(c3ccco3)C2)cc1. The largest absolute Gasteiger partial charge is 0.497 e. The van der Waals surface area contributed by atoms with E-state index in [1.807, 2.05) is 62.4 Å². The molecular weight excluding hydrogens is 444 g/mol. The van der Waals surface area contributed by atoms with Gasteiger partial charge in [0.2, 0.25) is 5.91 Å². The summed E-state index contributed by atoms with van der Waals surface area (Å²) in [5.41, 5.74) is 4.51. The highest BCUT2D eigenvalue weighted by Gasteiger charge is 2.35. The summed E-state index contributed by atoms with van der Waals surface area (Å²) < 4.78 is 10.9. The molecule has 1 aliphatic rings. The fraction of sp³-hybridized carbons (Fsp3) is 0.296. The van der Waals surface area contributed by atoms with Crippen LogP contribution >= 0.6 is 0 Å². The van der Waals surface area contributed by atoms with E-state index in [0.717, 1.165) is 33.8 Å². The number of hydrazone groups is 1. The molecule has 0 bridgehead atoms. The van der Waals surface area contributed by atoms with Crippen LogP contribution in [-0.2, 0) is 9.59 Å². The van der Waals surface area contributed by atoms with Gasteiger partial charge in [-0.3, -0.25) is 14.5 Å². The van der Waals surface area contributed by atoms with E-state index >= 15 is 0 Å². The molecule has 1 unspecified atom stereocenters. The fourth-order valence-corrected chi connectivity index (χ4v) is 4.20. The minimum atomic E-state index is -0.341. The Morgan fingerprint density at radius 2 is 1.80 bits per heavy atom. The lowest BCUT2D eigenvalue weighted by atomic mass is 10.0. The molecule has 3 aromatic rings. The smallest absolute Gasteiger partial charge is 0.257 e. The van der Waals surface area contributed by atoms with E-state index in [2.05, 4.69) is 10.4 Å². The van der Waals surface area contributed by atoms with Gasteiger partial charge < -0.3 is 14.5 Å². The molecule has 0 radical (unpaired) electrons. The number of methoxy groups -OCH3 is 1. The van der Waals surface area contributed by atoms with Gasteiger partial charge in [-0.2, -0.15) is 5.10 Å². The third-order valence-corrected chi connectivity index (χ3v) is 6.02. The second-order valence-electron chi connectivity index (χ2n) is 8.74. The first-order valence-corrected chi connectivity index (χ1v) is 11.5. The number of nitrogens with zero attached hydrogens (tertiary/aromatic N) is 3. The maximum atomic E-state index is 13.3. The lowest BCUT2D eigenvalue weighted by Crippen LogP contribution is -2.39. The molecule has 0 aliphatic carbocycles. The van der Waals surface area contributed by atoms with Crippen LogP contribution < -0.4 is 10.1 Å². The topological polar surface area (TPSA) is 87.4 Å². The highest BCUT2D eigenvalue weighted by Crippen LogP contribution is 2.33. The molecule has 8 nitrogen and oxygen atoms in total. The average molecular weight is 475 g/mol. The highest BCUT2D eigenvalue weighted by atomic mass is 16.5. The van der Waals surface area contributed by atoms with E-state index in [1.54, 1.807) is 31.4 Å². The number of anilines is 1. The summed E-state index contributed by atoms with van der Waals surface area (Å²) in [4.78, 5) is 27.6. The third-order valence-electron chi connectivity index (χ3n) is 6.02. The number of carbonyl (C=O) groups is 2. The number of nitrogens with one attached hydrogen (secondary N) is 1. The van der Waals surface area contributed by atoms with Gasteiger partial charge in [0.05, 0.1) is 32.2 Å². The van der Waals surface area contributed by atoms with Crippen molar-refractivity contribution < 1.29 is 18.7 Å². The maximum Gasteiger partial charge on any atom is 0.257 e. The van der Waals surface area contributed by atoms with Gasteiger partial charge in [0.25, 0.3) is 5.91 Å². The van der Waals surface area contributed by atoms with Gasteiger partial charge in [-0.15, -0.1) is 0 Å². The van der Waals surface area contributed by atoms with E-state index in [-0.39, 0.29) is 30.9 Å². The number of hydrogen-bond acceptors (Lipinski definition) is 6. The summed E-state index contributed by atoms with van der Waals surface area (Å²) in [5, 5.41) is 9.08. The third kappa shape index (κ3) is 5.60. The molecule has 2 heterocycles. The second-order valence-corrected chi connectivity index (χ2v) is 8.74. The number of benzene rings is 2. The van der Waals surface area contributed by atoms with Crippen LogP contribution in [0.5, 0.6) is 5.75 Å². The van der Waals surface area contributed by atoms with Gasteiger partial charge in [-0.05, 0) is 74.0 Å². The molecule has 0 saturated carbocycles. The number of rotatable bonds is 8. The van der Waals surface area contributed by atoms with Gasteiger partial charge in [-0.25, -0.2) is 5.01 Å². The van der Waals surface area contributed by atoms with Crippen molar-refractivity contribution in [3.05, 3.63) is 83.3 Å². The van der Waals surface area contributed by atoms with Gasteiger partial charge in [0.15, 0.2) is 0 Å². The Morgan fingerprint density at radius 3 is 2.43 bits per heavy atom. The van der Waals surface area contributed by atoms with Crippen LogP contribution in [-0.4, -0.2) is 54.7 Å². The normalized spacial score (nSPS) is 15.3. The number of furan rings is 1. The maximum absolute atomic E-state index is 13.3. The number of amides is 2. The Balaban J connectivity index is 1.45. The molecular formula is C27H30N4O4. The number of ether oxygens (including phenoxy) is 1. The second kappa shape index (κ2) is 10.6. The molecule has 0 spiro atoms. The number of aryl methyl sites for hydroxylation is 2. The monoisotopic (exact) mass is 474 g/mol. The van der Waals surface area contributed by atoms with Gasteiger partial charge in [0, 0.05) is 12.1 Å². The molecule has 35 heavy (non-hydrogen) atoms. The van der Waals surface area contributed by atoms with Crippen molar-refractivity contribution in [3.63, 3.8) is 0 Å². The van der Waals surface area contributed by atoms with Crippen LogP contribution in [0.3, 0.4) is 0 Å². The van der Waals surface area contributed by atoms with Crippen LogP contribution in [0.2, 0.25) is 0 Å². The van der Waals surface area contributed by atoms with Crippen LogP contribution in [0, 0.1) is 13.8 Å². The summed E-state index contributed by atoms with van der Waals surface area (Å²) in [6.45, 7) is 4.03. The van der Waals surface area contributed by atoms with Gasteiger partial charge >= 0.3 is 0 Å². The Bertz CT molecular complexity index is 1200. The molecule has 8 heteroatoms. The molecule has 2 aromatic carbocycles. The van der Waals surface area contributed by atoms with E-state index in [0.29, 0.717) is 12.2 Å². The van der Waals surface area contributed by atoms with Crippen LogP contribution in [0.25, 0.3) is 0 Å². The predicted octanol–water partition coefficient (Wildman–Crippen LogP) is 4.15. The zero-order chi connectivity index (χ0) is 24.9. The molecule has 1 atom stereocenters. The molecule has 4 rings (SSSR count). The quantitative estimate of drug-likeness (QED) is 0.530. The molecule has 2 amide bonds. The van der Waals surface area contributed by atoms with Crippen LogP contribution in [0.15, 0.2) is 70.4 Å². The van der Waals surface area contributed by atoms with E-state index in [1.165, 1.54) is 5.01 Å².